The summed E-state index contributed by atoms with van der Waals surface area (Å²) in [7, 11) is 1.56. The number of ether oxygens (including phenoxy) is 1. The van der Waals surface area contributed by atoms with Crippen LogP contribution in [0.2, 0.25) is 0 Å². The molecule has 3 aromatic rings. The average molecular weight is 334 g/mol. The number of aromatic nitrogens is 4. The van der Waals surface area contributed by atoms with Crippen molar-refractivity contribution in [3.63, 3.8) is 0 Å². The highest BCUT2D eigenvalue weighted by Crippen LogP contribution is 2.22. The molecule has 1 aromatic heterocycles. The van der Waals surface area contributed by atoms with Gasteiger partial charge in [-0.3, -0.25) is 0 Å². The van der Waals surface area contributed by atoms with Crippen molar-refractivity contribution in [2.45, 2.75) is 20.5 Å². The smallest absolute Gasteiger partial charge is 0.368 e. The highest BCUT2D eigenvalue weighted by molar-refractivity contribution is 5.52. The van der Waals surface area contributed by atoms with E-state index < -0.39 is 0 Å². The molecule has 25 heavy (non-hydrogen) atoms. The van der Waals surface area contributed by atoms with Gasteiger partial charge in [0.05, 0.1) is 5.69 Å². The lowest BCUT2D eigenvalue weighted by Gasteiger charge is -2.13. The molecule has 0 saturated carbocycles. The van der Waals surface area contributed by atoms with Gasteiger partial charge in [0.2, 0.25) is 0 Å². The van der Waals surface area contributed by atoms with E-state index in [0.717, 1.165) is 22.4 Å². The Morgan fingerprint density at radius 2 is 1.92 bits per heavy atom. The van der Waals surface area contributed by atoms with E-state index in [9.17, 15) is 4.79 Å². The molecule has 0 aliphatic carbocycles. The molecule has 0 saturated heterocycles. The molecule has 6 heteroatoms. The van der Waals surface area contributed by atoms with Gasteiger partial charge in [-0.2, -0.15) is 9.36 Å². The molecule has 0 fully saturated rings. The topological polar surface area (TPSA) is 61.9 Å². The second kappa shape index (κ2) is 7.05. The molecule has 0 spiro atoms. The van der Waals surface area contributed by atoms with Gasteiger partial charge in [-0.1, -0.05) is 30.2 Å². The SMILES string of the molecule is CC#Cc1cccc(-n2nnn(C)c2=O)c1COc1ccccc1C. The number of aryl methyl sites for hydroxylation is 2. The van der Waals surface area contributed by atoms with Crippen LogP contribution in [0.25, 0.3) is 5.69 Å². The van der Waals surface area contributed by atoms with E-state index >= 15 is 0 Å². The summed E-state index contributed by atoms with van der Waals surface area (Å²) in [5.41, 5.74) is 2.93. The van der Waals surface area contributed by atoms with Gasteiger partial charge in [0.1, 0.15) is 12.4 Å². The van der Waals surface area contributed by atoms with Crippen LogP contribution in [0.15, 0.2) is 47.3 Å². The van der Waals surface area contributed by atoms with Gasteiger partial charge < -0.3 is 4.74 Å². The van der Waals surface area contributed by atoms with Crippen molar-refractivity contribution in [1.29, 1.82) is 0 Å². The van der Waals surface area contributed by atoms with Gasteiger partial charge >= 0.3 is 5.69 Å². The normalized spacial score (nSPS) is 10.2. The Labute approximate surface area is 145 Å². The highest BCUT2D eigenvalue weighted by Gasteiger charge is 2.15. The van der Waals surface area contributed by atoms with Crippen LogP contribution in [0.4, 0.5) is 0 Å². The third kappa shape index (κ3) is 3.31. The summed E-state index contributed by atoms with van der Waals surface area (Å²) in [6.45, 7) is 4.03. The lowest BCUT2D eigenvalue weighted by molar-refractivity contribution is 0.303. The third-order valence-electron chi connectivity index (χ3n) is 3.83. The summed E-state index contributed by atoms with van der Waals surface area (Å²) in [5, 5.41) is 7.72. The summed E-state index contributed by atoms with van der Waals surface area (Å²) in [4.78, 5) is 12.2. The van der Waals surface area contributed by atoms with Crippen LogP contribution in [0.1, 0.15) is 23.6 Å². The predicted octanol–water partition coefficient (Wildman–Crippen LogP) is 2.22. The van der Waals surface area contributed by atoms with Crippen molar-refractivity contribution in [1.82, 2.24) is 19.8 Å². The first kappa shape index (κ1) is 16.5. The number of hydrogen-bond acceptors (Lipinski definition) is 4. The predicted molar refractivity (Wildman–Crippen MR) is 94.7 cm³/mol. The molecular formula is C19H18N4O2. The molecule has 0 amide bonds. The van der Waals surface area contributed by atoms with Crippen molar-refractivity contribution >= 4 is 0 Å². The number of tetrazole rings is 1. The van der Waals surface area contributed by atoms with E-state index in [1.807, 2.05) is 49.4 Å². The lowest BCUT2D eigenvalue weighted by atomic mass is 10.1. The molecule has 0 aliphatic heterocycles. The van der Waals surface area contributed by atoms with Gasteiger partial charge in [0, 0.05) is 18.2 Å². The fourth-order valence-electron chi connectivity index (χ4n) is 2.51. The van der Waals surface area contributed by atoms with Gasteiger partial charge in [-0.15, -0.1) is 5.92 Å². The van der Waals surface area contributed by atoms with E-state index in [4.69, 9.17) is 4.74 Å². The standard InChI is InChI=1S/C19H18N4O2/c1-4-8-15-10-7-11-17(23-19(24)22(3)20-21-23)16(15)13-25-18-12-6-5-9-14(18)2/h5-7,9-12H,13H2,1-3H3. The zero-order valence-electron chi connectivity index (χ0n) is 14.4. The van der Waals surface area contributed by atoms with Crippen LogP contribution in [-0.4, -0.2) is 19.8 Å². The first-order valence-electron chi connectivity index (χ1n) is 7.84. The molecule has 126 valence electrons. The van der Waals surface area contributed by atoms with Crippen molar-refractivity contribution < 1.29 is 4.74 Å². The van der Waals surface area contributed by atoms with Crippen LogP contribution in [-0.2, 0) is 13.7 Å². The Hall–Kier alpha value is -3.33. The Morgan fingerprint density at radius 1 is 1.12 bits per heavy atom. The number of hydrogen-bond donors (Lipinski definition) is 0. The molecule has 0 bridgehead atoms. The number of para-hydroxylation sites is 1. The van der Waals surface area contributed by atoms with Crippen LogP contribution in [0, 0.1) is 18.8 Å². The Bertz CT molecular complexity index is 1020. The van der Waals surface area contributed by atoms with Crippen molar-refractivity contribution in [3.05, 3.63) is 69.6 Å². The van der Waals surface area contributed by atoms with E-state index in [2.05, 4.69) is 22.3 Å². The highest BCUT2D eigenvalue weighted by atomic mass is 16.5. The molecule has 1 heterocycles. The van der Waals surface area contributed by atoms with E-state index in [1.54, 1.807) is 14.0 Å². The van der Waals surface area contributed by atoms with E-state index in [-0.39, 0.29) is 12.3 Å². The molecule has 0 atom stereocenters. The lowest BCUT2D eigenvalue weighted by Crippen LogP contribution is -2.23. The third-order valence-corrected chi connectivity index (χ3v) is 3.83. The van der Waals surface area contributed by atoms with Crippen molar-refractivity contribution in [3.8, 4) is 23.3 Å². The van der Waals surface area contributed by atoms with Crippen LogP contribution in [0.3, 0.4) is 0 Å². The Morgan fingerprint density at radius 3 is 2.60 bits per heavy atom. The van der Waals surface area contributed by atoms with Gasteiger partial charge in [-0.25, -0.2) is 4.79 Å². The summed E-state index contributed by atoms with van der Waals surface area (Å²) >= 11 is 0. The quantitative estimate of drug-likeness (QED) is 0.687. The molecule has 0 N–H and O–H groups in total. The van der Waals surface area contributed by atoms with E-state index in [0.29, 0.717) is 5.69 Å². The fraction of sp³-hybridized carbons (Fsp3) is 0.211. The van der Waals surface area contributed by atoms with E-state index in [1.165, 1.54) is 9.36 Å². The Kier molecular flexibility index (Phi) is 4.66. The maximum Gasteiger partial charge on any atom is 0.368 e. The zero-order chi connectivity index (χ0) is 17.8. The van der Waals surface area contributed by atoms with Gasteiger partial charge in [0.25, 0.3) is 0 Å². The summed E-state index contributed by atoms with van der Waals surface area (Å²) in [6, 6.07) is 13.3. The van der Waals surface area contributed by atoms with Crippen LogP contribution in [0.5, 0.6) is 5.75 Å². The maximum absolute atomic E-state index is 12.2. The molecular weight excluding hydrogens is 316 g/mol. The van der Waals surface area contributed by atoms with Gasteiger partial charge in [0.15, 0.2) is 0 Å². The maximum atomic E-state index is 12.2. The minimum absolute atomic E-state index is 0.272. The van der Waals surface area contributed by atoms with Crippen LogP contribution >= 0.6 is 0 Å². The minimum atomic E-state index is -0.321. The number of rotatable bonds is 4. The van der Waals surface area contributed by atoms with Crippen molar-refractivity contribution in [2.24, 2.45) is 7.05 Å². The number of benzene rings is 2. The van der Waals surface area contributed by atoms with Crippen molar-refractivity contribution in [2.75, 3.05) is 0 Å². The summed E-state index contributed by atoms with van der Waals surface area (Å²) in [5.74, 6) is 6.75. The monoisotopic (exact) mass is 334 g/mol. The Balaban J connectivity index is 2.06. The molecule has 0 unspecified atom stereocenters. The fourth-order valence-corrected chi connectivity index (χ4v) is 2.51. The molecule has 3 rings (SSSR count). The molecule has 6 nitrogen and oxygen atoms in total. The summed E-state index contributed by atoms with van der Waals surface area (Å²) < 4.78 is 8.43. The molecule has 0 radical (unpaired) electrons. The second-order valence-electron chi connectivity index (χ2n) is 5.53. The molecule has 2 aromatic carbocycles. The minimum Gasteiger partial charge on any atom is -0.489 e. The number of nitrogens with zero attached hydrogens (tertiary/aromatic N) is 4. The second-order valence-corrected chi connectivity index (χ2v) is 5.53. The van der Waals surface area contributed by atoms with Gasteiger partial charge in [-0.05, 0) is 48.0 Å². The zero-order valence-corrected chi connectivity index (χ0v) is 14.4. The molecule has 0 aliphatic rings. The largest absolute Gasteiger partial charge is 0.489 e. The first-order valence-corrected chi connectivity index (χ1v) is 7.84. The summed E-state index contributed by atoms with van der Waals surface area (Å²) in [6.07, 6.45) is 0. The average Bonchev–Trinajstić information content (AvgIpc) is 2.94. The first-order chi connectivity index (χ1) is 12.1. The van der Waals surface area contributed by atoms with Crippen LogP contribution < -0.4 is 10.4 Å².